The van der Waals surface area contributed by atoms with E-state index in [9.17, 15) is 0 Å². The van der Waals surface area contributed by atoms with Crippen molar-refractivity contribution in [2.75, 3.05) is 25.6 Å². The lowest BCUT2D eigenvalue weighted by Gasteiger charge is -2.15. The highest BCUT2D eigenvalue weighted by molar-refractivity contribution is 5.57. The monoisotopic (exact) mass is 224 g/mol. The van der Waals surface area contributed by atoms with Gasteiger partial charge in [-0.3, -0.25) is 0 Å². The van der Waals surface area contributed by atoms with Crippen molar-refractivity contribution in [3.05, 3.63) is 23.3 Å². The lowest BCUT2D eigenvalue weighted by Crippen LogP contribution is -2.32. The van der Waals surface area contributed by atoms with Crippen LogP contribution in [-0.4, -0.2) is 31.4 Å². The highest BCUT2D eigenvalue weighted by Crippen LogP contribution is 2.25. The van der Waals surface area contributed by atoms with Crippen LogP contribution >= 0.6 is 0 Å². The molecule has 0 saturated carbocycles. The summed E-state index contributed by atoms with van der Waals surface area (Å²) in [6.45, 7) is 4.55. The third-order valence-corrected chi connectivity index (χ3v) is 2.53. The Balaban J connectivity index is 2.77. The summed E-state index contributed by atoms with van der Waals surface area (Å²) in [5.74, 6) is 0.884. The first-order chi connectivity index (χ1) is 7.58. The van der Waals surface area contributed by atoms with E-state index in [0.717, 1.165) is 22.6 Å². The fraction of sp³-hybridized carbons (Fsp3) is 0.500. The third-order valence-electron chi connectivity index (χ3n) is 2.53. The van der Waals surface area contributed by atoms with Crippen molar-refractivity contribution in [2.24, 2.45) is 5.73 Å². The Morgan fingerprint density at radius 1 is 1.38 bits per heavy atom. The van der Waals surface area contributed by atoms with Crippen molar-refractivity contribution in [3.8, 4) is 5.75 Å². The molecule has 16 heavy (non-hydrogen) atoms. The molecule has 1 atom stereocenters. The van der Waals surface area contributed by atoms with Gasteiger partial charge in [-0.1, -0.05) is 0 Å². The minimum absolute atomic E-state index is 0.0127. The highest BCUT2D eigenvalue weighted by Gasteiger charge is 2.06. The number of benzene rings is 1. The summed E-state index contributed by atoms with van der Waals surface area (Å²) in [6.07, 6.45) is 0. The molecule has 0 radical (unpaired) electrons. The summed E-state index contributed by atoms with van der Waals surface area (Å²) in [4.78, 5) is 0. The first-order valence-electron chi connectivity index (χ1n) is 5.34. The molecule has 4 N–H and O–H groups in total. The van der Waals surface area contributed by atoms with Gasteiger partial charge in [0.1, 0.15) is 5.75 Å². The molecule has 4 heteroatoms. The Kier molecular flexibility index (Phi) is 4.58. The molecule has 0 amide bonds. The molecule has 0 aromatic heterocycles. The number of hydrogen-bond donors (Lipinski definition) is 3. The second-order valence-electron chi connectivity index (χ2n) is 3.96. The summed E-state index contributed by atoms with van der Waals surface area (Å²) >= 11 is 0. The second-order valence-corrected chi connectivity index (χ2v) is 3.96. The van der Waals surface area contributed by atoms with Crippen LogP contribution in [0.4, 0.5) is 5.69 Å². The summed E-state index contributed by atoms with van der Waals surface area (Å²) in [5, 5.41) is 12.0. The molecule has 0 fully saturated rings. The lowest BCUT2D eigenvalue weighted by molar-refractivity contribution is 0.270. The van der Waals surface area contributed by atoms with Crippen LogP contribution in [-0.2, 0) is 0 Å². The van der Waals surface area contributed by atoms with E-state index in [1.165, 1.54) is 0 Å². The van der Waals surface area contributed by atoms with Gasteiger partial charge in [-0.2, -0.15) is 0 Å². The fourth-order valence-corrected chi connectivity index (χ4v) is 1.51. The molecule has 4 nitrogen and oxygen atoms in total. The number of aliphatic hydroxyl groups excluding tert-OH is 1. The number of aryl methyl sites for hydroxylation is 2. The van der Waals surface area contributed by atoms with Crippen molar-refractivity contribution in [3.63, 3.8) is 0 Å². The molecule has 0 saturated heterocycles. The smallest absolute Gasteiger partial charge is 0.122 e. The SMILES string of the molecule is COc1cc(C)c(NCC(N)CO)cc1C. The molecule has 0 aliphatic heterocycles. The zero-order valence-corrected chi connectivity index (χ0v) is 10.1. The average Bonchev–Trinajstić information content (AvgIpc) is 2.29. The number of rotatable bonds is 5. The van der Waals surface area contributed by atoms with Gasteiger partial charge in [0.2, 0.25) is 0 Å². The number of hydrogen-bond acceptors (Lipinski definition) is 4. The first kappa shape index (κ1) is 12.8. The minimum atomic E-state index is -0.234. The number of nitrogens with one attached hydrogen (secondary N) is 1. The van der Waals surface area contributed by atoms with E-state index in [4.69, 9.17) is 15.6 Å². The van der Waals surface area contributed by atoms with Crippen LogP contribution < -0.4 is 15.8 Å². The predicted molar refractivity (Wildman–Crippen MR) is 66.0 cm³/mol. The maximum atomic E-state index is 8.83. The average molecular weight is 224 g/mol. The zero-order chi connectivity index (χ0) is 12.1. The van der Waals surface area contributed by atoms with Crippen molar-refractivity contribution >= 4 is 5.69 Å². The van der Waals surface area contributed by atoms with Gasteiger partial charge in [-0.15, -0.1) is 0 Å². The molecular formula is C12H20N2O2. The fourth-order valence-electron chi connectivity index (χ4n) is 1.51. The molecule has 0 bridgehead atoms. The Labute approximate surface area is 96.4 Å². The number of nitrogens with two attached hydrogens (primary N) is 1. The van der Waals surface area contributed by atoms with Gasteiger partial charge < -0.3 is 20.9 Å². The van der Waals surface area contributed by atoms with Crippen LogP contribution in [0.3, 0.4) is 0 Å². The number of ether oxygens (including phenoxy) is 1. The molecule has 1 aromatic carbocycles. The number of anilines is 1. The Morgan fingerprint density at radius 3 is 2.62 bits per heavy atom. The third kappa shape index (κ3) is 3.12. The highest BCUT2D eigenvalue weighted by atomic mass is 16.5. The molecular weight excluding hydrogens is 204 g/mol. The van der Waals surface area contributed by atoms with E-state index in [-0.39, 0.29) is 12.6 Å². The van der Waals surface area contributed by atoms with Crippen LogP contribution in [0.5, 0.6) is 5.75 Å². The van der Waals surface area contributed by atoms with Crippen molar-refractivity contribution in [1.29, 1.82) is 0 Å². The largest absolute Gasteiger partial charge is 0.496 e. The van der Waals surface area contributed by atoms with Gasteiger partial charge in [0.05, 0.1) is 13.7 Å². The molecule has 1 unspecified atom stereocenters. The Bertz CT molecular complexity index is 353. The molecule has 0 heterocycles. The topological polar surface area (TPSA) is 67.5 Å². The van der Waals surface area contributed by atoms with Crippen LogP contribution in [0.2, 0.25) is 0 Å². The molecule has 1 rings (SSSR count). The number of methoxy groups -OCH3 is 1. The Morgan fingerprint density at radius 2 is 2.06 bits per heavy atom. The van der Waals surface area contributed by atoms with Gasteiger partial charge >= 0.3 is 0 Å². The van der Waals surface area contributed by atoms with Crippen molar-refractivity contribution < 1.29 is 9.84 Å². The zero-order valence-electron chi connectivity index (χ0n) is 10.1. The second kappa shape index (κ2) is 5.72. The van der Waals surface area contributed by atoms with Gasteiger partial charge in [-0.25, -0.2) is 0 Å². The molecule has 0 aliphatic rings. The van der Waals surface area contributed by atoms with Gasteiger partial charge in [0.25, 0.3) is 0 Å². The molecule has 0 aliphatic carbocycles. The van der Waals surface area contributed by atoms with E-state index < -0.39 is 0 Å². The summed E-state index contributed by atoms with van der Waals surface area (Å²) in [7, 11) is 1.66. The van der Waals surface area contributed by atoms with Crippen molar-refractivity contribution in [1.82, 2.24) is 0 Å². The van der Waals surface area contributed by atoms with Crippen LogP contribution in [0, 0.1) is 13.8 Å². The van der Waals surface area contributed by atoms with E-state index >= 15 is 0 Å². The van der Waals surface area contributed by atoms with E-state index in [1.54, 1.807) is 7.11 Å². The van der Waals surface area contributed by atoms with Crippen LogP contribution in [0.1, 0.15) is 11.1 Å². The van der Waals surface area contributed by atoms with Crippen molar-refractivity contribution in [2.45, 2.75) is 19.9 Å². The van der Waals surface area contributed by atoms with Gasteiger partial charge in [0, 0.05) is 18.3 Å². The molecule has 90 valence electrons. The summed E-state index contributed by atoms with van der Waals surface area (Å²) in [5.41, 5.74) is 8.84. The first-order valence-corrected chi connectivity index (χ1v) is 5.34. The Hall–Kier alpha value is -1.26. The van der Waals surface area contributed by atoms with E-state index in [2.05, 4.69) is 5.32 Å². The maximum Gasteiger partial charge on any atom is 0.122 e. The van der Waals surface area contributed by atoms with E-state index in [0.29, 0.717) is 6.54 Å². The van der Waals surface area contributed by atoms with E-state index in [1.807, 2.05) is 26.0 Å². The summed E-state index contributed by atoms with van der Waals surface area (Å²) in [6, 6.07) is 3.78. The quantitative estimate of drug-likeness (QED) is 0.699. The van der Waals surface area contributed by atoms with Gasteiger partial charge in [0.15, 0.2) is 0 Å². The van der Waals surface area contributed by atoms with Gasteiger partial charge in [-0.05, 0) is 37.1 Å². The summed E-state index contributed by atoms with van der Waals surface area (Å²) < 4.78 is 5.24. The predicted octanol–water partition coefficient (Wildman–Crippen LogP) is 1.04. The standard InChI is InChI=1S/C12H20N2O2/c1-8-5-12(16-3)9(2)4-11(8)14-6-10(13)7-15/h4-5,10,14-15H,6-7,13H2,1-3H3. The molecule has 0 spiro atoms. The maximum absolute atomic E-state index is 8.83. The number of aliphatic hydroxyl groups is 1. The minimum Gasteiger partial charge on any atom is -0.496 e. The molecule has 1 aromatic rings. The van der Waals surface area contributed by atoms with Crippen LogP contribution in [0.25, 0.3) is 0 Å². The lowest BCUT2D eigenvalue weighted by atomic mass is 10.1. The van der Waals surface area contributed by atoms with Crippen LogP contribution in [0.15, 0.2) is 12.1 Å². The normalized spacial score (nSPS) is 12.3.